The molecule has 0 atom stereocenters. The van der Waals surface area contributed by atoms with Crippen LogP contribution in [0.4, 0.5) is 0 Å². The first-order valence-corrected chi connectivity index (χ1v) is 5.57. The molecule has 0 fully saturated rings. The summed E-state index contributed by atoms with van der Waals surface area (Å²) in [6.45, 7) is 0. The molecule has 0 bridgehead atoms. The predicted molar refractivity (Wildman–Crippen MR) is 68.7 cm³/mol. The Hall–Kier alpha value is -2.58. The standard InChI is InChI=1S/C13H7ClN2O3/c14-10-3-1-8(6-15)11(5-10)16-7-9(13(18)19)2-4-12(16)17/h1-5,7H,(H,18,19). The van der Waals surface area contributed by atoms with Crippen LogP contribution in [0.2, 0.25) is 5.02 Å². The molecule has 1 aromatic carbocycles. The molecule has 2 rings (SSSR count). The summed E-state index contributed by atoms with van der Waals surface area (Å²) in [5.74, 6) is -1.16. The van der Waals surface area contributed by atoms with Crippen molar-refractivity contribution in [2.24, 2.45) is 0 Å². The lowest BCUT2D eigenvalue weighted by Crippen LogP contribution is -2.19. The SMILES string of the molecule is N#Cc1ccc(Cl)cc1-n1cc(C(=O)O)ccc1=O. The maximum absolute atomic E-state index is 11.8. The number of hydrogen-bond donors (Lipinski definition) is 1. The lowest BCUT2D eigenvalue weighted by Gasteiger charge is -2.08. The molecule has 2 aromatic rings. The Kier molecular flexibility index (Phi) is 3.36. The summed E-state index contributed by atoms with van der Waals surface area (Å²) in [4.78, 5) is 22.7. The van der Waals surface area contributed by atoms with Crippen LogP contribution in [0.1, 0.15) is 15.9 Å². The maximum Gasteiger partial charge on any atom is 0.337 e. The van der Waals surface area contributed by atoms with Crippen LogP contribution < -0.4 is 5.56 Å². The number of aromatic carboxylic acids is 1. The molecule has 19 heavy (non-hydrogen) atoms. The fourth-order valence-electron chi connectivity index (χ4n) is 1.60. The normalized spacial score (nSPS) is 9.89. The maximum atomic E-state index is 11.8. The van der Waals surface area contributed by atoms with E-state index in [1.807, 2.05) is 6.07 Å². The summed E-state index contributed by atoms with van der Waals surface area (Å²) < 4.78 is 1.09. The minimum atomic E-state index is -1.16. The second-order valence-corrected chi connectivity index (χ2v) is 4.14. The smallest absolute Gasteiger partial charge is 0.337 e. The van der Waals surface area contributed by atoms with Crippen molar-refractivity contribution in [2.75, 3.05) is 0 Å². The molecule has 0 saturated heterocycles. The van der Waals surface area contributed by atoms with Gasteiger partial charge in [0.05, 0.1) is 16.8 Å². The molecule has 94 valence electrons. The van der Waals surface area contributed by atoms with Crippen LogP contribution in [0.15, 0.2) is 41.3 Å². The van der Waals surface area contributed by atoms with Gasteiger partial charge in [0.25, 0.3) is 5.56 Å². The molecule has 0 aliphatic carbocycles. The Morgan fingerprint density at radius 3 is 2.68 bits per heavy atom. The van der Waals surface area contributed by atoms with E-state index in [4.69, 9.17) is 22.0 Å². The minimum Gasteiger partial charge on any atom is -0.478 e. The lowest BCUT2D eigenvalue weighted by molar-refractivity contribution is 0.0696. The third-order valence-corrected chi connectivity index (χ3v) is 2.73. The third kappa shape index (κ3) is 2.49. The number of carboxylic acids is 1. The van der Waals surface area contributed by atoms with Gasteiger partial charge in [0.15, 0.2) is 0 Å². The highest BCUT2D eigenvalue weighted by Crippen LogP contribution is 2.18. The Bertz CT molecular complexity index is 759. The van der Waals surface area contributed by atoms with Crippen molar-refractivity contribution in [2.45, 2.75) is 0 Å². The molecular weight excluding hydrogens is 268 g/mol. The second-order valence-electron chi connectivity index (χ2n) is 3.70. The summed E-state index contributed by atoms with van der Waals surface area (Å²) in [5, 5.41) is 18.3. The monoisotopic (exact) mass is 274 g/mol. The zero-order valence-electron chi connectivity index (χ0n) is 9.50. The number of halogens is 1. The van der Waals surface area contributed by atoms with Gasteiger partial charge in [0.1, 0.15) is 6.07 Å². The van der Waals surface area contributed by atoms with E-state index >= 15 is 0 Å². The number of carboxylic acid groups (broad SMARTS) is 1. The van der Waals surface area contributed by atoms with Crippen molar-refractivity contribution >= 4 is 17.6 Å². The highest BCUT2D eigenvalue weighted by Gasteiger charge is 2.10. The van der Waals surface area contributed by atoms with E-state index in [2.05, 4.69) is 0 Å². The highest BCUT2D eigenvalue weighted by molar-refractivity contribution is 6.30. The Labute approximate surface area is 112 Å². The molecule has 1 heterocycles. The zero-order chi connectivity index (χ0) is 14.0. The molecule has 0 amide bonds. The lowest BCUT2D eigenvalue weighted by atomic mass is 10.2. The Morgan fingerprint density at radius 2 is 2.05 bits per heavy atom. The highest BCUT2D eigenvalue weighted by atomic mass is 35.5. The van der Waals surface area contributed by atoms with Crippen molar-refractivity contribution < 1.29 is 9.90 Å². The third-order valence-electron chi connectivity index (χ3n) is 2.50. The van der Waals surface area contributed by atoms with Gasteiger partial charge in [-0.15, -0.1) is 0 Å². The van der Waals surface area contributed by atoms with Crippen molar-refractivity contribution in [3.63, 3.8) is 0 Å². The Balaban J connectivity index is 2.75. The van der Waals surface area contributed by atoms with Crippen LogP contribution in [0, 0.1) is 11.3 Å². The van der Waals surface area contributed by atoms with Crippen molar-refractivity contribution in [3.05, 3.63) is 63.0 Å². The summed E-state index contributed by atoms with van der Waals surface area (Å²) in [6.07, 6.45) is 1.16. The fraction of sp³-hybridized carbons (Fsp3) is 0. The summed E-state index contributed by atoms with van der Waals surface area (Å²) in [7, 11) is 0. The quantitative estimate of drug-likeness (QED) is 0.908. The topological polar surface area (TPSA) is 83.1 Å². The number of carbonyl (C=O) groups is 1. The first-order valence-electron chi connectivity index (χ1n) is 5.19. The summed E-state index contributed by atoms with van der Waals surface area (Å²) in [6, 6.07) is 8.70. The van der Waals surface area contributed by atoms with E-state index in [0.717, 1.165) is 16.8 Å². The summed E-state index contributed by atoms with van der Waals surface area (Å²) in [5.41, 5.74) is -0.00984. The van der Waals surface area contributed by atoms with Crippen LogP contribution in [-0.4, -0.2) is 15.6 Å². The number of rotatable bonds is 2. The van der Waals surface area contributed by atoms with Gasteiger partial charge in [0.2, 0.25) is 0 Å². The second kappa shape index (κ2) is 4.96. The van der Waals surface area contributed by atoms with Gasteiger partial charge < -0.3 is 5.11 Å². The number of benzene rings is 1. The van der Waals surface area contributed by atoms with E-state index in [0.29, 0.717) is 5.02 Å². The molecule has 0 unspecified atom stereocenters. The van der Waals surface area contributed by atoms with Gasteiger partial charge >= 0.3 is 5.97 Å². The van der Waals surface area contributed by atoms with Gasteiger partial charge in [-0.1, -0.05) is 11.6 Å². The first kappa shape index (κ1) is 12.9. The van der Waals surface area contributed by atoms with Gasteiger partial charge in [-0.05, 0) is 24.3 Å². The number of aromatic nitrogens is 1. The van der Waals surface area contributed by atoms with E-state index in [-0.39, 0.29) is 16.8 Å². The van der Waals surface area contributed by atoms with Crippen LogP contribution in [0.5, 0.6) is 0 Å². The van der Waals surface area contributed by atoms with Crippen molar-refractivity contribution in [1.82, 2.24) is 4.57 Å². The minimum absolute atomic E-state index is 0.0523. The molecule has 5 nitrogen and oxygen atoms in total. The largest absolute Gasteiger partial charge is 0.478 e. The zero-order valence-corrected chi connectivity index (χ0v) is 10.3. The molecule has 0 radical (unpaired) electrons. The van der Waals surface area contributed by atoms with Crippen LogP contribution >= 0.6 is 11.6 Å². The van der Waals surface area contributed by atoms with E-state index in [1.165, 1.54) is 24.3 Å². The molecule has 1 N–H and O–H groups in total. The molecule has 0 spiro atoms. The molecular formula is C13H7ClN2O3. The molecule has 0 aliphatic rings. The van der Waals surface area contributed by atoms with Crippen LogP contribution in [0.25, 0.3) is 5.69 Å². The van der Waals surface area contributed by atoms with E-state index < -0.39 is 11.5 Å². The molecule has 0 saturated carbocycles. The number of nitrogens with zero attached hydrogens (tertiary/aromatic N) is 2. The van der Waals surface area contributed by atoms with Gasteiger partial charge in [-0.25, -0.2) is 4.79 Å². The van der Waals surface area contributed by atoms with Crippen molar-refractivity contribution in [1.29, 1.82) is 5.26 Å². The van der Waals surface area contributed by atoms with Gasteiger partial charge in [0, 0.05) is 17.3 Å². The van der Waals surface area contributed by atoms with Crippen LogP contribution in [-0.2, 0) is 0 Å². The number of pyridine rings is 1. The van der Waals surface area contributed by atoms with Gasteiger partial charge in [-0.2, -0.15) is 5.26 Å². The summed E-state index contributed by atoms with van der Waals surface area (Å²) >= 11 is 5.84. The average Bonchev–Trinajstić information content (AvgIpc) is 2.39. The van der Waals surface area contributed by atoms with Gasteiger partial charge in [-0.3, -0.25) is 9.36 Å². The van der Waals surface area contributed by atoms with E-state index in [9.17, 15) is 9.59 Å². The fourth-order valence-corrected chi connectivity index (χ4v) is 1.77. The Morgan fingerprint density at radius 1 is 1.32 bits per heavy atom. The molecule has 0 aliphatic heterocycles. The molecule has 6 heteroatoms. The van der Waals surface area contributed by atoms with Crippen molar-refractivity contribution in [3.8, 4) is 11.8 Å². The van der Waals surface area contributed by atoms with E-state index in [1.54, 1.807) is 0 Å². The predicted octanol–water partition coefficient (Wildman–Crippen LogP) is 2.06. The number of hydrogen-bond acceptors (Lipinski definition) is 3. The number of nitriles is 1. The first-order chi connectivity index (χ1) is 9.02. The average molecular weight is 275 g/mol. The molecule has 1 aromatic heterocycles. The van der Waals surface area contributed by atoms with Crippen LogP contribution in [0.3, 0.4) is 0 Å².